The molecule has 5 nitrogen and oxygen atoms in total. The van der Waals surface area contributed by atoms with Crippen molar-refractivity contribution in [1.82, 2.24) is 14.3 Å². The summed E-state index contributed by atoms with van der Waals surface area (Å²) in [6.07, 6.45) is 8.50. The topological polar surface area (TPSA) is 39.0 Å². The molecule has 0 bridgehead atoms. The van der Waals surface area contributed by atoms with Crippen LogP contribution in [-0.2, 0) is 16.0 Å². The molecule has 1 saturated carbocycles. The summed E-state index contributed by atoms with van der Waals surface area (Å²) in [6.45, 7) is 2.42. The van der Waals surface area contributed by atoms with Gasteiger partial charge in [0.2, 0.25) is 0 Å². The number of hydrogen-bond donors (Lipinski definition) is 0. The van der Waals surface area contributed by atoms with E-state index in [9.17, 15) is 0 Å². The number of fused-ring (bicyclic) bond motifs is 1. The highest BCUT2D eigenvalue weighted by Gasteiger charge is 2.41. The van der Waals surface area contributed by atoms with Gasteiger partial charge in [0.05, 0.1) is 18.9 Å². The first-order chi connectivity index (χ1) is 10.2. The Hall–Kier alpha value is -0.950. The van der Waals surface area contributed by atoms with E-state index in [0.29, 0.717) is 6.04 Å². The lowest BCUT2D eigenvalue weighted by molar-refractivity contribution is -0.183. The molecule has 2 aromatic heterocycles. The number of hydrogen-bond acceptors (Lipinski definition) is 5. The van der Waals surface area contributed by atoms with Crippen LogP contribution in [0.3, 0.4) is 0 Å². The Morgan fingerprint density at radius 1 is 1.38 bits per heavy atom. The molecule has 0 aromatic carbocycles. The van der Waals surface area contributed by atoms with Crippen LogP contribution in [0.5, 0.6) is 0 Å². The summed E-state index contributed by atoms with van der Waals surface area (Å²) in [7, 11) is 2.20. The van der Waals surface area contributed by atoms with E-state index in [1.807, 2.05) is 0 Å². The highest BCUT2D eigenvalue weighted by molar-refractivity contribution is 7.15. The van der Waals surface area contributed by atoms with E-state index in [2.05, 4.69) is 39.1 Å². The van der Waals surface area contributed by atoms with Crippen LogP contribution in [-0.4, -0.2) is 46.4 Å². The summed E-state index contributed by atoms with van der Waals surface area (Å²) in [5.41, 5.74) is 1.15. The predicted molar refractivity (Wildman–Crippen MR) is 81.4 cm³/mol. The molecule has 1 aliphatic heterocycles. The fourth-order valence-corrected chi connectivity index (χ4v) is 4.22. The molecule has 1 aliphatic carbocycles. The van der Waals surface area contributed by atoms with E-state index >= 15 is 0 Å². The van der Waals surface area contributed by atoms with E-state index in [0.717, 1.165) is 56.1 Å². The van der Waals surface area contributed by atoms with Gasteiger partial charge in [-0.3, -0.25) is 9.30 Å². The molecule has 2 fully saturated rings. The van der Waals surface area contributed by atoms with Crippen molar-refractivity contribution in [3.63, 3.8) is 0 Å². The van der Waals surface area contributed by atoms with Gasteiger partial charge in [0, 0.05) is 43.2 Å². The van der Waals surface area contributed by atoms with E-state index in [1.54, 1.807) is 11.3 Å². The quantitative estimate of drug-likeness (QED) is 0.873. The second kappa shape index (κ2) is 5.35. The van der Waals surface area contributed by atoms with Crippen LogP contribution in [0, 0.1) is 0 Å². The van der Waals surface area contributed by atoms with Crippen molar-refractivity contribution in [2.45, 2.75) is 44.1 Å². The Morgan fingerprint density at radius 2 is 2.14 bits per heavy atom. The average Bonchev–Trinajstić information content (AvgIpc) is 3.16. The molecule has 2 aromatic rings. The second-order valence-corrected chi connectivity index (χ2v) is 6.95. The van der Waals surface area contributed by atoms with E-state index in [-0.39, 0.29) is 5.79 Å². The minimum absolute atomic E-state index is 0.256. The lowest BCUT2D eigenvalue weighted by Crippen LogP contribution is -2.42. The standard InChI is InChI=1S/C15H21N3O2S/c1-17(10-12-11-18-6-9-21-14(18)16-12)13-2-4-15(5-3-13)19-7-8-20-15/h6,9,11,13H,2-5,7-8,10H2,1H3. The molecule has 0 N–H and O–H groups in total. The smallest absolute Gasteiger partial charge is 0.193 e. The number of aromatic nitrogens is 2. The van der Waals surface area contributed by atoms with Gasteiger partial charge >= 0.3 is 0 Å². The van der Waals surface area contributed by atoms with Gasteiger partial charge in [-0.15, -0.1) is 11.3 Å². The molecule has 114 valence electrons. The number of rotatable bonds is 3. The Morgan fingerprint density at radius 3 is 2.86 bits per heavy atom. The summed E-state index contributed by atoms with van der Waals surface area (Å²) >= 11 is 1.68. The van der Waals surface area contributed by atoms with Crippen molar-refractivity contribution < 1.29 is 9.47 Å². The monoisotopic (exact) mass is 307 g/mol. The summed E-state index contributed by atoms with van der Waals surface area (Å²) in [5.74, 6) is -0.256. The lowest BCUT2D eigenvalue weighted by atomic mass is 9.89. The van der Waals surface area contributed by atoms with Crippen LogP contribution in [0.2, 0.25) is 0 Å². The van der Waals surface area contributed by atoms with Crippen molar-refractivity contribution >= 4 is 16.3 Å². The molecule has 6 heteroatoms. The third-order valence-corrected chi connectivity index (χ3v) is 5.48. The van der Waals surface area contributed by atoms with Gasteiger partial charge in [-0.05, 0) is 19.9 Å². The van der Waals surface area contributed by atoms with E-state index in [4.69, 9.17) is 9.47 Å². The van der Waals surface area contributed by atoms with Gasteiger partial charge < -0.3 is 9.47 Å². The Labute approximate surface area is 128 Å². The molecule has 3 heterocycles. The van der Waals surface area contributed by atoms with E-state index < -0.39 is 0 Å². The number of ether oxygens (including phenoxy) is 2. The molecular formula is C15H21N3O2S. The summed E-state index contributed by atoms with van der Waals surface area (Å²) in [6, 6.07) is 0.600. The van der Waals surface area contributed by atoms with Gasteiger partial charge in [0.1, 0.15) is 0 Å². The zero-order valence-corrected chi connectivity index (χ0v) is 13.1. The third-order valence-electron chi connectivity index (χ3n) is 4.71. The van der Waals surface area contributed by atoms with Crippen molar-refractivity contribution in [3.05, 3.63) is 23.5 Å². The zero-order chi connectivity index (χ0) is 14.3. The van der Waals surface area contributed by atoms with Gasteiger partial charge in [0.15, 0.2) is 10.7 Å². The van der Waals surface area contributed by atoms with Gasteiger partial charge in [-0.2, -0.15) is 0 Å². The first kappa shape index (κ1) is 13.7. The maximum Gasteiger partial charge on any atom is 0.193 e. The van der Waals surface area contributed by atoms with Crippen LogP contribution in [0.15, 0.2) is 17.8 Å². The highest BCUT2D eigenvalue weighted by atomic mass is 32.1. The molecule has 0 radical (unpaired) electrons. The van der Waals surface area contributed by atoms with Crippen molar-refractivity contribution in [1.29, 1.82) is 0 Å². The largest absolute Gasteiger partial charge is 0.348 e. The van der Waals surface area contributed by atoms with Crippen molar-refractivity contribution in [3.8, 4) is 0 Å². The fraction of sp³-hybridized carbons (Fsp3) is 0.667. The van der Waals surface area contributed by atoms with Crippen LogP contribution < -0.4 is 0 Å². The van der Waals surface area contributed by atoms with E-state index in [1.165, 1.54) is 0 Å². The third kappa shape index (κ3) is 2.61. The first-order valence-electron chi connectivity index (χ1n) is 7.63. The molecule has 2 aliphatic rings. The van der Waals surface area contributed by atoms with Gasteiger partial charge in [0.25, 0.3) is 0 Å². The lowest BCUT2D eigenvalue weighted by Gasteiger charge is -2.38. The summed E-state index contributed by atoms with van der Waals surface area (Å²) < 4.78 is 13.7. The number of thiazole rings is 1. The minimum Gasteiger partial charge on any atom is -0.348 e. The van der Waals surface area contributed by atoms with Gasteiger partial charge in [-0.1, -0.05) is 0 Å². The molecule has 0 unspecified atom stereocenters. The van der Waals surface area contributed by atoms with Crippen LogP contribution in [0.4, 0.5) is 0 Å². The molecule has 4 rings (SSSR count). The SMILES string of the molecule is CN(Cc1cn2ccsc2n1)C1CCC2(CC1)OCCO2. The number of imidazole rings is 1. The highest BCUT2D eigenvalue weighted by Crippen LogP contribution is 2.37. The molecule has 0 atom stereocenters. The molecule has 21 heavy (non-hydrogen) atoms. The van der Waals surface area contributed by atoms with Gasteiger partial charge in [-0.25, -0.2) is 4.98 Å². The minimum atomic E-state index is -0.256. The molecule has 1 saturated heterocycles. The fourth-order valence-electron chi connectivity index (χ4n) is 3.51. The van der Waals surface area contributed by atoms with Crippen molar-refractivity contribution in [2.24, 2.45) is 0 Å². The van der Waals surface area contributed by atoms with Crippen LogP contribution in [0.1, 0.15) is 31.4 Å². The molecular weight excluding hydrogens is 286 g/mol. The predicted octanol–water partition coefficient (Wildman–Crippen LogP) is 2.51. The molecule has 1 spiro atoms. The van der Waals surface area contributed by atoms with Crippen LogP contribution >= 0.6 is 11.3 Å². The maximum absolute atomic E-state index is 5.80. The average molecular weight is 307 g/mol. The Balaban J connectivity index is 1.37. The van der Waals surface area contributed by atoms with Crippen molar-refractivity contribution in [2.75, 3.05) is 20.3 Å². The first-order valence-corrected chi connectivity index (χ1v) is 8.51. The Kier molecular flexibility index (Phi) is 3.49. The summed E-state index contributed by atoms with van der Waals surface area (Å²) in [5, 5.41) is 2.07. The normalized spacial score (nSPS) is 22.8. The zero-order valence-electron chi connectivity index (χ0n) is 12.3. The Bertz CT molecular complexity index is 579. The van der Waals surface area contributed by atoms with Crippen LogP contribution in [0.25, 0.3) is 4.96 Å². The number of nitrogens with zero attached hydrogens (tertiary/aromatic N) is 3. The second-order valence-electron chi connectivity index (χ2n) is 6.08. The molecule has 0 amide bonds. The summed E-state index contributed by atoms with van der Waals surface area (Å²) in [4.78, 5) is 8.17. The maximum atomic E-state index is 5.80.